The molecule has 19 heavy (non-hydrogen) atoms. The Hall–Kier alpha value is -1.54. The molecule has 0 saturated carbocycles. The Bertz CT molecular complexity index is 504. The maximum atomic E-state index is 6.23. The Balaban J connectivity index is 2.18. The highest BCUT2D eigenvalue weighted by atomic mass is 16.5. The van der Waals surface area contributed by atoms with Crippen LogP contribution in [0.2, 0.25) is 0 Å². The highest BCUT2D eigenvalue weighted by Gasteiger charge is 2.10. The number of fused-ring (bicyclic) bond motifs is 1. The Morgan fingerprint density at radius 1 is 1.05 bits per heavy atom. The van der Waals surface area contributed by atoms with Crippen LogP contribution < -0.4 is 10.1 Å². The zero-order valence-electron chi connectivity index (χ0n) is 11.9. The molecular weight excluding hydrogens is 234 g/mol. The summed E-state index contributed by atoms with van der Waals surface area (Å²) in [7, 11) is 1.99. The quantitative estimate of drug-likeness (QED) is 0.809. The second-order valence-corrected chi connectivity index (χ2v) is 4.90. The normalized spacial score (nSPS) is 12.5. The van der Waals surface area contributed by atoms with Crippen molar-refractivity contribution in [2.75, 3.05) is 13.6 Å². The van der Waals surface area contributed by atoms with Crippen LogP contribution in [0.1, 0.15) is 26.2 Å². The van der Waals surface area contributed by atoms with Crippen LogP contribution in [-0.4, -0.2) is 19.7 Å². The van der Waals surface area contributed by atoms with Crippen LogP contribution in [0.3, 0.4) is 0 Å². The van der Waals surface area contributed by atoms with Gasteiger partial charge in [-0.3, -0.25) is 0 Å². The van der Waals surface area contributed by atoms with E-state index in [1.807, 2.05) is 7.05 Å². The van der Waals surface area contributed by atoms with E-state index < -0.39 is 0 Å². The van der Waals surface area contributed by atoms with E-state index in [9.17, 15) is 0 Å². The van der Waals surface area contributed by atoms with Crippen LogP contribution in [0.25, 0.3) is 10.8 Å². The molecule has 0 aliphatic carbocycles. The van der Waals surface area contributed by atoms with Crippen LogP contribution >= 0.6 is 0 Å². The van der Waals surface area contributed by atoms with E-state index in [0.717, 1.165) is 31.6 Å². The molecule has 0 amide bonds. The van der Waals surface area contributed by atoms with Gasteiger partial charge in [-0.25, -0.2) is 0 Å². The standard InChI is InChI=1S/C17H23NO/c1-3-7-15(12-13-18-2)19-17-11-6-9-14-8-4-5-10-16(14)17/h4-6,8-11,15,18H,3,7,12-13H2,1-2H3. The van der Waals surface area contributed by atoms with Crippen LogP contribution in [0.5, 0.6) is 5.75 Å². The van der Waals surface area contributed by atoms with Gasteiger partial charge in [-0.2, -0.15) is 0 Å². The number of benzene rings is 2. The van der Waals surface area contributed by atoms with Crippen molar-refractivity contribution in [1.82, 2.24) is 5.32 Å². The van der Waals surface area contributed by atoms with Crippen molar-refractivity contribution in [3.8, 4) is 5.75 Å². The van der Waals surface area contributed by atoms with Crippen LogP contribution in [0.4, 0.5) is 0 Å². The first-order chi connectivity index (χ1) is 9.35. The molecule has 0 fully saturated rings. The predicted octanol–water partition coefficient (Wildman–Crippen LogP) is 4.00. The zero-order chi connectivity index (χ0) is 13.5. The van der Waals surface area contributed by atoms with Crippen molar-refractivity contribution in [3.63, 3.8) is 0 Å². The van der Waals surface area contributed by atoms with Gasteiger partial charge < -0.3 is 10.1 Å². The van der Waals surface area contributed by atoms with Crippen molar-refractivity contribution < 1.29 is 4.74 Å². The van der Waals surface area contributed by atoms with Crippen molar-refractivity contribution in [2.24, 2.45) is 0 Å². The van der Waals surface area contributed by atoms with E-state index in [1.54, 1.807) is 0 Å². The lowest BCUT2D eigenvalue weighted by molar-refractivity contribution is 0.182. The maximum absolute atomic E-state index is 6.23. The SMILES string of the molecule is CCCC(CCNC)Oc1cccc2ccccc12. The van der Waals surface area contributed by atoms with E-state index in [4.69, 9.17) is 4.74 Å². The van der Waals surface area contributed by atoms with E-state index >= 15 is 0 Å². The molecule has 2 rings (SSSR count). The zero-order valence-corrected chi connectivity index (χ0v) is 11.9. The second-order valence-electron chi connectivity index (χ2n) is 4.90. The van der Waals surface area contributed by atoms with E-state index in [2.05, 4.69) is 54.7 Å². The molecule has 0 saturated heterocycles. The minimum Gasteiger partial charge on any atom is -0.490 e. The van der Waals surface area contributed by atoms with Gasteiger partial charge in [-0.05, 0) is 37.9 Å². The van der Waals surface area contributed by atoms with Gasteiger partial charge in [0.05, 0.1) is 6.10 Å². The van der Waals surface area contributed by atoms with E-state index in [0.29, 0.717) is 6.10 Å². The van der Waals surface area contributed by atoms with Crippen LogP contribution in [-0.2, 0) is 0 Å². The molecule has 0 heterocycles. The maximum Gasteiger partial charge on any atom is 0.127 e. The van der Waals surface area contributed by atoms with E-state index in [-0.39, 0.29) is 0 Å². The van der Waals surface area contributed by atoms with Crippen molar-refractivity contribution in [2.45, 2.75) is 32.3 Å². The lowest BCUT2D eigenvalue weighted by Gasteiger charge is -2.19. The first kappa shape index (κ1) is 13.9. The third kappa shape index (κ3) is 3.71. The fourth-order valence-corrected chi connectivity index (χ4v) is 2.37. The summed E-state index contributed by atoms with van der Waals surface area (Å²) in [5.41, 5.74) is 0. The summed E-state index contributed by atoms with van der Waals surface area (Å²) in [6, 6.07) is 14.7. The monoisotopic (exact) mass is 257 g/mol. The Kier molecular flexibility index (Phi) is 5.22. The lowest BCUT2D eigenvalue weighted by atomic mass is 10.1. The minimum atomic E-state index is 0.295. The Morgan fingerprint density at radius 2 is 1.84 bits per heavy atom. The van der Waals surface area contributed by atoms with Crippen LogP contribution in [0.15, 0.2) is 42.5 Å². The molecule has 1 atom stereocenters. The number of hydrogen-bond acceptors (Lipinski definition) is 2. The smallest absolute Gasteiger partial charge is 0.127 e. The Labute approximate surface area is 115 Å². The third-order valence-corrected chi connectivity index (χ3v) is 3.37. The predicted molar refractivity (Wildman–Crippen MR) is 81.8 cm³/mol. The first-order valence-electron chi connectivity index (χ1n) is 7.14. The summed E-state index contributed by atoms with van der Waals surface area (Å²) in [6.07, 6.45) is 3.60. The minimum absolute atomic E-state index is 0.295. The number of ether oxygens (including phenoxy) is 1. The average Bonchev–Trinajstić information content (AvgIpc) is 2.45. The topological polar surface area (TPSA) is 21.3 Å². The van der Waals surface area contributed by atoms with Gasteiger partial charge in [0.2, 0.25) is 0 Å². The van der Waals surface area contributed by atoms with E-state index in [1.165, 1.54) is 10.8 Å². The first-order valence-corrected chi connectivity index (χ1v) is 7.14. The third-order valence-electron chi connectivity index (χ3n) is 3.37. The van der Waals surface area contributed by atoms with Gasteiger partial charge in [-0.1, -0.05) is 49.7 Å². The summed E-state index contributed by atoms with van der Waals surface area (Å²) < 4.78 is 6.23. The number of nitrogens with one attached hydrogen (secondary N) is 1. The second kappa shape index (κ2) is 7.15. The Morgan fingerprint density at radius 3 is 2.63 bits per heavy atom. The fourth-order valence-electron chi connectivity index (χ4n) is 2.37. The van der Waals surface area contributed by atoms with Crippen molar-refractivity contribution in [1.29, 1.82) is 0 Å². The highest BCUT2D eigenvalue weighted by Crippen LogP contribution is 2.27. The van der Waals surface area contributed by atoms with Gasteiger partial charge in [0, 0.05) is 5.39 Å². The molecule has 0 aromatic heterocycles. The number of rotatable bonds is 7. The lowest BCUT2D eigenvalue weighted by Crippen LogP contribution is -2.22. The highest BCUT2D eigenvalue weighted by molar-refractivity contribution is 5.88. The molecular formula is C17H23NO. The summed E-state index contributed by atoms with van der Waals surface area (Å²) in [5.74, 6) is 1.01. The summed E-state index contributed by atoms with van der Waals surface area (Å²) in [6.45, 7) is 3.20. The molecule has 102 valence electrons. The van der Waals surface area contributed by atoms with Gasteiger partial charge in [0.15, 0.2) is 0 Å². The van der Waals surface area contributed by atoms with Crippen molar-refractivity contribution >= 4 is 10.8 Å². The molecule has 0 aliphatic rings. The summed E-state index contributed by atoms with van der Waals surface area (Å²) in [5, 5.41) is 5.64. The van der Waals surface area contributed by atoms with Gasteiger partial charge in [0.25, 0.3) is 0 Å². The molecule has 1 unspecified atom stereocenters. The largest absolute Gasteiger partial charge is 0.490 e. The molecule has 2 aromatic rings. The van der Waals surface area contributed by atoms with Crippen molar-refractivity contribution in [3.05, 3.63) is 42.5 Å². The molecule has 0 aliphatic heterocycles. The molecule has 1 N–H and O–H groups in total. The molecule has 2 aromatic carbocycles. The van der Waals surface area contributed by atoms with Gasteiger partial charge >= 0.3 is 0 Å². The molecule has 2 heteroatoms. The number of hydrogen-bond donors (Lipinski definition) is 1. The van der Waals surface area contributed by atoms with Crippen LogP contribution in [0, 0.1) is 0 Å². The fraction of sp³-hybridized carbons (Fsp3) is 0.412. The molecule has 0 bridgehead atoms. The molecule has 0 radical (unpaired) electrons. The average molecular weight is 257 g/mol. The summed E-state index contributed by atoms with van der Waals surface area (Å²) in [4.78, 5) is 0. The van der Waals surface area contributed by atoms with Gasteiger partial charge in [-0.15, -0.1) is 0 Å². The molecule has 2 nitrogen and oxygen atoms in total. The summed E-state index contributed by atoms with van der Waals surface area (Å²) >= 11 is 0. The van der Waals surface area contributed by atoms with Gasteiger partial charge in [0.1, 0.15) is 5.75 Å². The molecule has 0 spiro atoms.